The molecule has 3 atom stereocenters. The van der Waals surface area contributed by atoms with Gasteiger partial charge in [-0.3, -0.25) is 9.89 Å². The fourth-order valence-electron chi connectivity index (χ4n) is 4.39. The lowest BCUT2D eigenvalue weighted by atomic mass is 10.1. The molecule has 2 heterocycles. The van der Waals surface area contributed by atoms with E-state index in [-0.39, 0.29) is 48.2 Å². The van der Waals surface area contributed by atoms with E-state index in [4.69, 9.17) is 4.74 Å². The molecule has 0 aliphatic carbocycles. The van der Waals surface area contributed by atoms with Gasteiger partial charge in [-0.2, -0.15) is 0 Å². The molecule has 2 N–H and O–H groups in total. The molecule has 2 aliphatic heterocycles. The van der Waals surface area contributed by atoms with E-state index in [1.54, 1.807) is 18.2 Å². The molecule has 4 rings (SSSR count). The topological polar surface area (TPSA) is 60.3 Å². The van der Waals surface area contributed by atoms with Crippen LogP contribution in [0.2, 0.25) is 0 Å². The van der Waals surface area contributed by atoms with Crippen LogP contribution in [0.3, 0.4) is 0 Å². The maximum atomic E-state index is 14.0. The van der Waals surface area contributed by atoms with Crippen molar-refractivity contribution in [2.75, 3.05) is 39.3 Å². The van der Waals surface area contributed by atoms with Crippen LogP contribution in [-0.2, 0) is 11.3 Å². The zero-order valence-corrected chi connectivity index (χ0v) is 20.7. The maximum Gasteiger partial charge on any atom is 0.194 e. The number of hydrogen-bond donors (Lipinski definition) is 2. The fraction of sp³-hybridized carbons (Fsp3) is 0.458. The number of morpholine rings is 1. The van der Waals surface area contributed by atoms with Gasteiger partial charge in [0.25, 0.3) is 0 Å². The van der Waals surface area contributed by atoms with Gasteiger partial charge in [0.15, 0.2) is 5.96 Å². The number of aliphatic hydroxyl groups excluding tert-OH is 1. The lowest BCUT2D eigenvalue weighted by Crippen LogP contribution is -2.50. The second-order valence-electron chi connectivity index (χ2n) is 8.07. The third-order valence-electron chi connectivity index (χ3n) is 5.96. The van der Waals surface area contributed by atoms with Gasteiger partial charge >= 0.3 is 0 Å². The first-order valence-corrected chi connectivity index (χ1v) is 11.0. The highest BCUT2D eigenvalue weighted by molar-refractivity contribution is 14.0. The van der Waals surface area contributed by atoms with Crippen LogP contribution in [-0.4, -0.2) is 72.3 Å². The third kappa shape index (κ3) is 5.98. The minimum absolute atomic E-state index is 0. The predicted octanol–water partition coefficient (Wildman–Crippen LogP) is 3.03. The lowest BCUT2D eigenvalue weighted by Gasteiger charge is -2.36. The number of aliphatic hydroxyl groups is 1. The van der Waals surface area contributed by atoms with Crippen LogP contribution in [0, 0.1) is 5.82 Å². The Morgan fingerprint density at radius 1 is 1.19 bits per heavy atom. The number of guanidine groups is 1. The summed E-state index contributed by atoms with van der Waals surface area (Å²) in [7, 11) is 0. The summed E-state index contributed by atoms with van der Waals surface area (Å²) in [5, 5.41) is 13.8. The predicted molar refractivity (Wildman–Crippen MR) is 135 cm³/mol. The van der Waals surface area contributed by atoms with Crippen LogP contribution < -0.4 is 5.32 Å². The highest BCUT2D eigenvalue weighted by Gasteiger charge is 2.41. The molecule has 2 saturated heterocycles. The number of benzene rings is 2. The van der Waals surface area contributed by atoms with Crippen molar-refractivity contribution < 1.29 is 14.2 Å². The largest absolute Gasteiger partial charge is 0.386 e. The van der Waals surface area contributed by atoms with E-state index in [2.05, 4.69) is 44.4 Å². The summed E-state index contributed by atoms with van der Waals surface area (Å²) in [6.45, 7) is 6.92. The van der Waals surface area contributed by atoms with Gasteiger partial charge in [0.1, 0.15) is 11.9 Å². The van der Waals surface area contributed by atoms with Crippen molar-refractivity contribution >= 4 is 29.9 Å². The van der Waals surface area contributed by atoms with Crippen molar-refractivity contribution in [1.82, 2.24) is 15.1 Å². The molecule has 2 fully saturated rings. The van der Waals surface area contributed by atoms with Gasteiger partial charge < -0.3 is 20.1 Å². The van der Waals surface area contributed by atoms with Gasteiger partial charge in [-0.25, -0.2) is 4.39 Å². The number of aliphatic imine (C=N–C) groups is 1. The maximum absolute atomic E-state index is 14.0. The van der Waals surface area contributed by atoms with Crippen molar-refractivity contribution in [3.8, 4) is 0 Å². The van der Waals surface area contributed by atoms with Gasteiger partial charge in [0.2, 0.25) is 0 Å². The number of ether oxygens (including phenoxy) is 1. The fourth-order valence-corrected chi connectivity index (χ4v) is 4.39. The summed E-state index contributed by atoms with van der Waals surface area (Å²) in [5.41, 5.74) is 1.57. The molecule has 32 heavy (non-hydrogen) atoms. The van der Waals surface area contributed by atoms with Crippen molar-refractivity contribution in [3.63, 3.8) is 0 Å². The van der Waals surface area contributed by atoms with Gasteiger partial charge in [-0.05, 0) is 18.6 Å². The summed E-state index contributed by atoms with van der Waals surface area (Å²) in [5.74, 6) is 0.322. The van der Waals surface area contributed by atoms with Crippen LogP contribution in [0.4, 0.5) is 4.39 Å². The first-order valence-electron chi connectivity index (χ1n) is 11.0. The lowest BCUT2D eigenvalue weighted by molar-refractivity contribution is -0.0502. The molecule has 2 aliphatic rings. The van der Waals surface area contributed by atoms with Crippen molar-refractivity contribution in [2.24, 2.45) is 4.99 Å². The molecule has 174 valence electrons. The normalized spacial score (nSPS) is 22.2. The summed E-state index contributed by atoms with van der Waals surface area (Å²) >= 11 is 0. The van der Waals surface area contributed by atoms with Crippen molar-refractivity contribution in [3.05, 3.63) is 71.5 Å². The Balaban J connectivity index is 0.00000289. The molecule has 2 aromatic rings. The minimum Gasteiger partial charge on any atom is -0.386 e. The molecule has 0 saturated carbocycles. The summed E-state index contributed by atoms with van der Waals surface area (Å²) in [4.78, 5) is 9.30. The summed E-state index contributed by atoms with van der Waals surface area (Å²) in [6, 6.07) is 17.1. The monoisotopic (exact) mass is 554 g/mol. The standard InChI is InChI=1S/C24H31FN4O2.HI/c1-2-26-24(27-14-22(30)19-10-6-7-11-20(19)25)29-16-21-23(17-29)31-13-12-28(21)15-18-8-4-3-5-9-18;/h3-11,21-23,30H,2,12-17H2,1H3,(H,26,27);1H. The van der Waals surface area contributed by atoms with E-state index >= 15 is 0 Å². The second kappa shape index (κ2) is 11.9. The van der Waals surface area contributed by atoms with Gasteiger partial charge in [0.05, 0.1) is 25.3 Å². The Bertz CT molecular complexity index is 885. The number of nitrogens with zero attached hydrogens (tertiary/aromatic N) is 3. The Morgan fingerprint density at radius 2 is 1.94 bits per heavy atom. The molecular weight excluding hydrogens is 522 g/mol. The van der Waals surface area contributed by atoms with Crippen LogP contribution in [0.1, 0.15) is 24.2 Å². The minimum atomic E-state index is -0.981. The Hall–Kier alpha value is -1.75. The van der Waals surface area contributed by atoms with Crippen LogP contribution in [0.25, 0.3) is 0 Å². The van der Waals surface area contributed by atoms with Gasteiger partial charge in [-0.15, -0.1) is 24.0 Å². The number of rotatable bonds is 6. The number of likely N-dealkylation sites (tertiary alicyclic amines) is 1. The zero-order chi connectivity index (χ0) is 21.6. The highest BCUT2D eigenvalue weighted by Crippen LogP contribution is 2.25. The number of nitrogens with one attached hydrogen (secondary N) is 1. The number of fused-ring (bicyclic) bond motifs is 1. The van der Waals surface area contributed by atoms with E-state index in [1.165, 1.54) is 11.6 Å². The van der Waals surface area contributed by atoms with Crippen molar-refractivity contribution in [2.45, 2.75) is 31.7 Å². The molecule has 0 radical (unpaired) electrons. The van der Waals surface area contributed by atoms with Crippen LogP contribution in [0.15, 0.2) is 59.6 Å². The average molecular weight is 554 g/mol. The number of halogens is 2. The molecule has 8 heteroatoms. The van der Waals surface area contributed by atoms with E-state index < -0.39 is 11.9 Å². The average Bonchev–Trinajstić information content (AvgIpc) is 3.23. The molecular formula is C24H32FIN4O2. The van der Waals surface area contributed by atoms with Crippen molar-refractivity contribution in [1.29, 1.82) is 0 Å². The van der Waals surface area contributed by atoms with E-state index in [0.29, 0.717) is 0 Å². The first-order chi connectivity index (χ1) is 15.2. The molecule has 0 aromatic heterocycles. The number of hydrogen-bond acceptors (Lipinski definition) is 4. The Labute approximate surface area is 206 Å². The zero-order valence-electron chi connectivity index (χ0n) is 18.4. The smallest absolute Gasteiger partial charge is 0.194 e. The highest BCUT2D eigenvalue weighted by atomic mass is 127. The molecule has 0 bridgehead atoms. The van der Waals surface area contributed by atoms with E-state index in [0.717, 1.165) is 45.3 Å². The summed E-state index contributed by atoms with van der Waals surface area (Å²) in [6.07, 6.45) is -0.858. The van der Waals surface area contributed by atoms with Gasteiger partial charge in [0, 0.05) is 38.3 Å². The Morgan fingerprint density at radius 3 is 2.69 bits per heavy atom. The second-order valence-corrected chi connectivity index (χ2v) is 8.07. The summed E-state index contributed by atoms with van der Waals surface area (Å²) < 4.78 is 20.1. The molecule has 6 nitrogen and oxygen atoms in total. The SMILES string of the molecule is CCNC(=NCC(O)c1ccccc1F)N1CC2OCCN(Cc3ccccc3)C2C1.I. The van der Waals surface area contributed by atoms with Crippen LogP contribution in [0.5, 0.6) is 0 Å². The first kappa shape index (κ1) is 24.9. The van der Waals surface area contributed by atoms with E-state index in [9.17, 15) is 9.50 Å². The molecule has 2 aromatic carbocycles. The molecule has 0 amide bonds. The van der Waals surface area contributed by atoms with Crippen LogP contribution >= 0.6 is 24.0 Å². The third-order valence-corrected chi connectivity index (χ3v) is 5.96. The van der Waals surface area contributed by atoms with Gasteiger partial charge in [-0.1, -0.05) is 48.5 Å². The van der Waals surface area contributed by atoms with E-state index in [1.807, 2.05) is 13.0 Å². The molecule has 0 spiro atoms. The Kier molecular flexibility index (Phi) is 9.27. The quantitative estimate of drug-likeness (QED) is 0.327. The molecule has 3 unspecified atom stereocenters.